The van der Waals surface area contributed by atoms with Crippen molar-refractivity contribution in [3.63, 3.8) is 0 Å². The van der Waals surface area contributed by atoms with Crippen molar-refractivity contribution in [2.45, 2.75) is 13.0 Å². The number of carbonyl (C=O) groups is 3. The fourth-order valence-corrected chi connectivity index (χ4v) is 4.09. The number of hydrogen-bond donors (Lipinski definition) is 2. The van der Waals surface area contributed by atoms with Crippen molar-refractivity contribution in [3.8, 4) is 11.5 Å². The smallest absolute Gasteiger partial charge is 0.409 e. The minimum absolute atomic E-state index is 0.0419. The number of nitrogens with one attached hydrogen (secondary N) is 1. The monoisotopic (exact) mass is 492 g/mol. The Bertz CT molecular complexity index is 1260. The molecule has 0 saturated carbocycles. The van der Waals surface area contributed by atoms with Crippen LogP contribution in [0, 0.1) is 0 Å². The molecule has 1 atom stereocenters. The average molecular weight is 493 g/mol. The Morgan fingerprint density at radius 3 is 2.36 bits per heavy atom. The number of para-hydroxylation sites is 1. The molecule has 1 aromatic heterocycles. The van der Waals surface area contributed by atoms with Crippen LogP contribution < -0.4 is 10.1 Å². The van der Waals surface area contributed by atoms with E-state index in [1.807, 2.05) is 18.2 Å². The first kappa shape index (κ1) is 24.8. The zero-order chi connectivity index (χ0) is 25.7. The summed E-state index contributed by atoms with van der Waals surface area (Å²) < 4.78 is 10.5. The van der Waals surface area contributed by atoms with Crippen LogP contribution in [-0.4, -0.2) is 77.7 Å². The predicted octanol–water partition coefficient (Wildman–Crippen LogP) is 2.72. The zero-order valence-electron chi connectivity index (χ0n) is 20.1. The van der Waals surface area contributed by atoms with E-state index in [0.29, 0.717) is 43.0 Å². The highest BCUT2D eigenvalue weighted by Gasteiger charge is 2.32. The van der Waals surface area contributed by atoms with Gasteiger partial charge >= 0.3 is 6.09 Å². The van der Waals surface area contributed by atoms with E-state index in [1.54, 1.807) is 34.9 Å². The van der Waals surface area contributed by atoms with E-state index in [-0.39, 0.29) is 24.0 Å². The van der Waals surface area contributed by atoms with Crippen molar-refractivity contribution >= 4 is 28.8 Å². The molecule has 0 bridgehead atoms. The number of benzene rings is 2. The molecule has 1 unspecified atom stereocenters. The SMILES string of the molecule is CCOC(=O)N1CCN(C(=O)C(NC(=O)c2cc(OC)c3ccccc3n2)c2ccc(O)cc2)CC1. The van der Waals surface area contributed by atoms with Gasteiger partial charge in [0.15, 0.2) is 0 Å². The number of pyridine rings is 1. The Morgan fingerprint density at radius 1 is 1.03 bits per heavy atom. The molecule has 0 aliphatic carbocycles. The van der Waals surface area contributed by atoms with E-state index in [1.165, 1.54) is 25.3 Å². The molecule has 1 fully saturated rings. The molecule has 2 N–H and O–H groups in total. The van der Waals surface area contributed by atoms with Crippen molar-refractivity contribution in [1.82, 2.24) is 20.1 Å². The minimum atomic E-state index is -1.02. The molecule has 10 nitrogen and oxygen atoms in total. The molecular weight excluding hydrogens is 464 g/mol. The van der Waals surface area contributed by atoms with Gasteiger partial charge in [-0.3, -0.25) is 9.59 Å². The number of hydrogen-bond acceptors (Lipinski definition) is 7. The van der Waals surface area contributed by atoms with Gasteiger partial charge in [0.1, 0.15) is 23.2 Å². The number of ether oxygens (including phenoxy) is 2. The minimum Gasteiger partial charge on any atom is -0.508 e. The van der Waals surface area contributed by atoms with E-state index >= 15 is 0 Å². The lowest BCUT2D eigenvalue weighted by atomic mass is 10.0. The Balaban J connectivity index is 1.57. The topological polar surface area (TPSA) is 121 Å². The maximum Gasteiger partial charge on any atom is 0.409 e. The van der Waals surface area contributed by atoms with Crippen molar-refractivity contribution in [3.05, 3.63) is 65.9 Å². The number of carbonyl (C=O) groups excluding carboxylic acids is 3. The van der Waals surface area contributed by atoms with Gasteiger partial charge < -0.3 is 29.7 Å². The average Bonchev–Trinajstić information content (AvgIpc) is 2.91. The number of nitrogens with zero attached hydrogens (tertiary/aromatic N) is 3. The number of amides is 3. The van der Waals surface area contributed by atoms with Crippen LogP contribution in [0.15, 0.2) is 54.6 Å². The highest BCUT2D eigenvalue weighted by molar-refractivity contribution is 5.99. The molecule has 1 aliphatic rings. The fourth-order valence-electron chi connectivity index (χ4n) is 4.09. The van der Waals surface area contributed by atoms with Gasteiger partial charge in [-0.25, -0.2) is 9.78 Å². The summed E-state index contributed by atoms with van der Waals surface area (Å²) in [5, 5.41) is 13.3. The largest absolute Gasteiger partial charge is 0.508 e. The molecule has 188 valence electrons. The van der Waals surface area contributed by atoms with Crippen molar-refractivity contribution in [2.24, 2.45) is 0 Å². The molecule has 1 saturated heterocycles. The second-order valence-electron chi connectivity index (χ2n) is 8.24. The Morgan fingerprint density at radius 2 is 1.69 bits per heavy atom. The number of methoxy groups -OCH3 is 1. The second kappa shape index (κ2) is 10.9. The van der Waals surface area contributed by atoms with Crippen molar-refractivity contribution < 1.29 is 29.0 Å². The number of aromatic nitrogens is 1. The first-order chi connectivity index (χ1) is 17.4. The normalized spacial score (nSPS) is 14.3. The second-order valence-corrected chi connectivity index (χ2v) is 8.24. The molecule has 36 heavy (non-hydrogen) atoms. The first-order valence-electron chi connectivity index (χ1n) is 11.6. The van der Waals surface area contributed by atoms with Gasteiger partial charge in [-0.15, -0.1) is 0 Å². The summed E-state index contributed by atoms with van der Waals surface area (Å²) in [5.74, 6) is -0.338. The summed E-state index contributed by atoms with van der Waals surface area (Å²) in [6, 6.07) is 13.9. The lowest BCUT2D eigenvalue weighted by molar-refractivity contribution is -0.135. The van der Waals surface area contributed by atoms with Gasteiger partial charge in [0.2, 0.25) is 5.91 Å². The molecule has 3 amide bonds. The number of fused-ring (bicyclic) bond motifs is 1. The molecule has 4 rings (SSSR count). The first-order valence-corrected chi connectivity index (χ1v) is 11.6. The summed E-state index contributed by atoms with van der Waals surface area (Å²) in [5.41, 5.74) is 1.20. The van der Waals surface area contributed by atoms with Gasteiger partial charge in [-0.05, 0) is 36.8 Å². The van der Waals surface area contributed by atoms with E-state index in [2.05, 4.69) is 10.3 Å². The molecule has 2 heterocycles. The van der Waals surface area contributed by atoms with Gasteiger partial charge in [0.05, 0.1) is 19.2 Å². The van der Waals surface area contributed by atoms with E-state index in [9.17, 15) is 19.5 Å². The van der Waals surface area contributed by atoms with Crippen LogP contribution in [0.2, 0.25) is 0 Å². The quantitative estimate of drug-likeness (QED) is 0.543. The molecular formula is C26H28N4O6. The van der Waals surface area contributed by atoms with Gasteiger partial charge in [0, 0.05) is 37.6 Å². The van der Waals surface area contributed by atoms with Crippen molar-refractivity contribution in [2.75, 3.05) is 39.9 Å². The van der Waals surface area contributed by atoms with E-state index < -0.39 is 18.0 Å². The maximum atomic E-state index is 13.6. The molecule has 0 radical (unpaired) electrons. The van der Waals surface area contributed by atoms with Gasteiger partial charge in [0.25, 0.3) is 5.91 Å². The summed E-state index contributed by atoms with van der Waals surface area (Å²) >= 11 is 0. The molecule has 2 aromatic carbocycles. The lowest BCUT2D eigenvalue weighted by Crippen LogP contribution is -2.53. The molecule has 0 spiro atoms. The summed E-state index contributed by atoms with van der Waals surface area (Å²) in [6.07, 6.45) is -0.413. The predicted molar refractivity (Wildman–Crippen MR) is 132 cm³/mol. The van der Waals surface area contributed by atoms with Crippen molar-refractivity contribution in [1.29, 1.82) is 0 Å². The number of rotatable bonds is 6. The third-order valence-electron chi connectivity index (χ3n) is 6.00. The highest BCUT2D eigenvalue weighted by Crippen LogP contribution is 2.26. The number of phenolic OH excluding ortho intramolecular Hbond substituents is 1. The van der Waals surface area contributed by atoms with Crippen LogP contribution in [0.1, 0.15) is 29.0 Å². The van der Waals surface area contributed by atoms with Crippen LogP contribution in [0.3, 0.4) is 0 Å². The maximum absolute atomic E-state index is 13.6. The zero-order valence-corrected chi connectivity index (χ0v) is 20.1. The highest BCUT2D eigenvalue weighted by atomic mass is 16.6. The fraction of sp³-hybridized carbons (Fsp3) is 0.308. The molecule has 3 aromatic rings. The number of aromatic hydroxyl groups is 1. The summed E-state index contributed by atoms with van der Waals surface area (Å²) in [7, 11) is 1.52. The number of phenols is 1. The van der Waals surface area contributed by atoms with Gasteiger partial charge in [-0.2, -0.15) is 0 Å². The third-order valence-corrected chi connectivity index (χ3v) is 6.00. The van der Waals surface area contributed by atoms with Crippen LogP contribution in [0.25, 0.3) is 10.9 Å². The van der Waals surface area contributed by atoms with Crippen LogP contribution in [0.5, 0.6) is 11.5 Å². The molecule has 10 heteroatoms. The number of piperazine rings is 1. The molecule has 1 aliphatic heterocycles. The Labute approximate surface area is 208 Å². The summed E-state index contributed by atoms with van der Waals surface area (Å²) in [4.78, 5) is 46.5. The van der Waals surface area contributed by atoms with Crippen LogP contribution in [0.4, 0.5) is 4.79 Å². The Hall–Kier alpha value is -4.34. The summed E-state index contributed by atoms with van der Waals surface area (Å²) in [6.45, 7) is 3.26. The van der Waals surface area contributed by atoms with Crippen LogP contribution in [-0.2, 0) is 9.53 Å². The van der Waals surface area contributed by atoms with E-state index in [0.717, 1.165) is 5.39 Å². The third kappa shape index (κ3) is 5.32. The van der Waals surface area contributed by atoms with E-state index in [4.69, 9.17) is 9.47 Å². The standard InChI is InChI=1S/C26H28N4O6/c1-3-36-26(34)30-14-12-29(13-15-30)25(33)23(17-8-10-18(31)11-9-17)28-24(32)21-16-22(35-2)19-6-4-5-7-20(19)27-21/h4-11,16,23,31H,3,12-15H2,1-2H3,(H,28,32). The lowest BCUT2D eigenvalue weighted by Gasteiger charge is -2.36. The van der Waals surface area contributed by atoms with Gasteiger partial charge in [-0.1, -0.05) is 24.3 Å². The Kier molecular flexibility index (Phi) is 7.53. The van der Waals surface area contributed by atoms with Crippen LogP contribution >= 0.6 is 0 Å².